The molecular formula is C11H20N2O4. The summed E-state index contributed by atoms with van der Waals surface area (Å²) in [5.74, 6) is -0.982. The Morgan fingerprint density at radius 1 is 1.00 bits per heavy atom. The lowest BCUT2D eigenvalue weighted by Gasteiger charge is -2.07. The molecule has 0 heterocycles. The van der Waals surface area contributed by atoms with Gasteiger partial charge in [0.25, 0.3) is 0 Å². The Morgan fingerprint density at radius 3 is 2.06 bits per heavy atom. The van der Waals surface area contributed by atoms with Crippen molar-refractivity contribution in [2.45, 2.75) is 33.1 Å². The van der Waals surface area contributed by atoms with E-state index >= 15 is 0 Å². The highest BCUT2D eigenvalue weighted by atomic mass is 16.4. The zero-order chi connectivity index (χ0) is 13.3. The second-order valence-corrected chi connectivity index (χ2v) is 4.19. The Hall–Kier alpha value is -1.59. The molecule has 0 aliphatic rings. The molecule has 0 atom stereocenters. The minimum absolute atomic E-state index is 0.0710. The van der Waals surface area contributed by atoms with Crippen LogP contribution in [0.15, 0.2) is 0 Å². The van der Waals surface area contributed by atoms with Crippen LogP contribution in [0.2, 0.25) is 0 Å². The maximum Gasteiger partial charge on any atom is 0.305 e. The molecule has 0 aromatic rings. The Labute approximate surface area is 101 Å². The van der Waals surface area contributed by atoms with Crippen LogP contribution < -0.4 is 10.6 Å². The van der Waals surface area contributed by atoms with Gasteiger partial charge >= 0.3 is 5.97 Å². The lowest BCUT2D eigenvalue weighted by atomic mass is 10.1. The van der Waals surface area contributed by atoms with Crippen LogP contribution in [0.3, 0.4) is 0 Å². The number of carboxylic acids is 1. The standard InChI is InChI=1S/C11H20N2O4/c1-8(2)7-10(15)13-5-3-9(14)12-6-4-11(16)17/h8H,3-7H2,1-2H3,(H,12,14)(H,13,15)(H,16,17). The minimum atomic E-state index is -0.949. The molecule has 6 heteroatoms. The van der Waals surface area contributed by atoms with Gasteiger partial charge < -0.3 is 15.7 Å². The van der Waals surface area contributed by atoms with Crippen molar-refractivity contribution in [1.82, 2.24) is 10.6 Å². The third-order valence-electron chi connectivity index (χ3n) is 1.93. The first kappa shape index (κ1) is 15.4. The summed E-state index contributed by atoms with van der Waals surface area (Å²) in [4.78, 5) is 32.6. The lowest BCUT2D eigenvalue weighted by Crippen LogP contribution is -2.32. The van der Waals surface area contributed by atoms with Crippen molar-refractivity contribution in [3.63, 3.8) is 0 Å². The predicted octanol–water partition coefficient (Wildman–Crippen LogP) is 0.130. The van der Waals surface area contributed by atoms with Gasteiger partial charge in [0, 0.05) is 25.9 Å². The largest absolute Gasteiger partial charge is 0.481 e. The Bertz CT molecular complexity index is 277. The second-order valence-electron chi connectivity index (χ2n) is 4.19. The van der Waals surface area contributed by atoms with Gasteiger partial charge in [-0.3, -0.25) is 14.4 Å². The fraction of sp³-hybridized carbons (Fsp3) is 0.727. The highest BCUT2D eigenvalue weighted by Crippen LogP contribution is 1.97. The van der Waals surface area contributed by atoms with Crippen molar-refractivity contribution < 1.29 is 19.5 Å². The van der Waals surface area contributed by atoms with Gasteiger partial charge in [0.2, 0.25) is 11.8 Å². The average molecular weight is 244 g/mol. The molecule has 0 saturated heterocycles. The zero-order valence-corrected chi connectivity index (χ0v) is 10.3. The molecule has 0 rings (SSSR count). The van der Waals surface area contributed by atoms with Gasteiger partial charge in [-0.05, 0) is 5.92 Å². The first-order chi connectivity index (χ1) is 7.91. The number of rotatable bonds is 8. The number of hydrogen-bond donors (Lipinski definition) is 3. The molecule has 0 bridgehead atoms. The van der Waals surface area contributed by atoms with Crippen molar-refractivity contribution >= 4 is 17.8 Å². The fourth-order valence-electron chi connectivity index (χ4n) is 1.16. The minimum Gasteiger partial charge on any atom is -0.481 e. The van der Waals surface area contributed by atoms with E-state index in [1.165, 1.54) is 0 Å². The molecule has 0 radical (unpaired) electrons. The molecule has 2 amide bonds. The van der Waals surface area contributed by atoms with Gasteiger partial charge in [0.1, 0.15) is 0 Å². The maximum atomic E-state index is 11.2. The van der Waals surface area contributed by atoms with E-state index in [1.54, 1.807) is 0 Å². The molecule has 17 heavy (non-hydrogen) atoms. The number of aliphatic carboxylic acids is 1. The predicted molar refractivity (Wildman–Crippen MR) is 62.3 cm³/mol. The van der Waals surface area contributed by atoms with Crippen molar-refractivity contribution in [3.8, 4) is 0 Å². The van der Waals surface area contributed by atoms with E-state index in [2.05, 4.69) is 10.6 Å². The van der Waals surface area contributed by atoms with Gasteiger partial charge in [-0.2, -0.15) is 0 Å². The summed E-state index contributed by atoms with van der Waals surface area (Å²) in [5.41, 5.74) is 0. The van der Waals surface area contributed by atoms with E-state index in [0.717, 1.165) is 0 Å². The first-order valence-corrected chi connectivity index (χ1v) is 5.67. The summed E-state index contributed by atoms with van der Waals surface area (Å²) in [5, 5.41) is 13.4. The Morgan fingerprint density at radius 2 is 1.53 bits per heavy atom. The van der Waals surface area contributed by atoms with Gasteiger partial charge in [0.15, 0.2) is 0 Å². The molecule has 0 spiro atoms. The monoisotopic (exact) mass is 244 g/mol. The summed E-state index contributed by atoms with van der Waals surface area (Å²) >= 11 is 0. The van der Waals surface area contributed by atoms with Gasteiger partial charge in [-0.1, -0.05) is 13.8 Å². The van der Waals surface area contributed by atoms with Crippen LogP contribution in [0.4, 0.5) is 0 Å². The smallest absolute Gasteiger partial charge is 0.305 e. The molecule has 0 aromatic heterocycles. The number of carbonyl (C=O) groups is 3. The molecule has 3 N–H and O–H groups in total. The first-order valence-electron chi connectivity index (χ1n) is 5.67. The summed E-state index contributed by atoms with van der Waals surface area (Å²) in [6, 6.07) is 0. The number of nitrogens with one attached hydrogen (secondary N) is 2. The third-order valence-corrected chi connectivity index (χ3v) is 1.93. The van der Waals surface area contributed by atoms with Crippen LogP contribution in [0.5, 0.6) is 0 Å². The molecule has 0 fully saturated rings. The van der Waals surface area contributed by atoms with Crippen LogP contribution in [-0.2, 0) is 14.4 Å². The van der Waals surface area contributed by atoms with Crippen molar-refractivity contribution in [2.75, 3.05) is 13.1 Å². The van der Waals surface area contributed by atoms with Crippen LogP contribution >= 0.6 is 0 Å². The fourth-order valence-corrected chi connectivity index (χ4v) is 1.16. The topological polar surface area (TPSA) is 95.5 Å². The number of hydrogen-bond acceptors (Lipinski definition) is 3. The Balaban J connectivity index is 3.51. The summed E-state index contributed by atoms with van der Waals surface area (Å²) in [7, 11) is 0. The van der Waals surface area contributed by atoms with Gasteiger partial charge in [0.05, 0.1) is 6.42 Å². The lowest BCUT2D eigenvalue weighted by molar-refractivity contribution is -0.137. The van der Waals surface area contributed by atoms with E-state index in [4.69, 9.17) is 5.11 Å². The highest BCUT2D eigenvalue weighted by Gasteiger charge is 2.06. The van der Waals surface area contributed by atoms with Crippen molar-refractivity contribution in [3.05, 3.63) is 0 Å². The molecule has 0 aliphatic heterocycles. The van der Waals surface area contributed by atoms with E-state index in [0.29, 0.717) is 12.3 Å². The van der Waals surface area contributed by atoms with E-state index in [-0.39, 0.29) is 37.7 Å². The molecule has 98 valence electrons. The van der Waals surface area contributed by atoms with Crippen LogP contribution in [0.25, 0.3) is 0 Å². The number of amides is 2. The molecule has 0 aliphatic carbocycles. The zero-order valence-electron chi connectivity index (χ0n) is 10.3. The maximum absolute atomic E-state index is 11.2. The van der Waals surface area contributed by atoms with E-state index < -0.39 is 5.97 Å². The van der Waals surface area contributed by atoms with Crippen LogP contribution in [-0.4, -0.2) is 36.0 Å². The van der Waals surface area contributed by atoms with Gasteiger partial charge in [-0.15, -0.1) is 0 Å². The Kier molecular flexibility index (Phi) is 7.75. The highest BCUT2D eigenvalue weighted by molar-refractivity contribution is 5.79. The third kappa shape index (κ3) is 10.7. The number of carbonyl (C=O) groups excluding carboxylic acids is 2. The summed E-state index contributed by atoms with van der Waals surface area (Å²) < 4.78 is 0. The molecular weight excluding hydrogens is 224 g/mol. The quantitative estimate of drug-likeness (QED) is 0.565. The summed E-state index contributed by atoms with van der Waals surface area (Å²) in [6.45, 7) is 4.29. The van der Waals surface area contributed by atoms with Crippen molar-refractivity contribution in [2.24, 2.45) is 5.92 Å². The van der Waals surface area contributed by atoms with E-state index in [9.17, 15) is 14.4 Å². The average Bonchev–Trinajstić information content (AvgIpc) is 2.15. The summed E-state index contributed by atoms with van der Waals surface area (Å²) in [6.07, 6.45) is 0.523. The normalized spacial score (nSPS) is 10.1. The second kappa shape index (κ2) is 8.55. The molecule has 0 aromatic carbocycles. The van der Waals surface area contributed by atoms with Gasteiger partial charge in [-0.25, -0.2) is 0 Å². The molecule has 0 saturated carbocycles. The van der Waals surface area contributed by atoms with E-state index in [1.807, 2.05) is 13.8 Å². The van der Waals surface area contributed by atoms with Crippen LogP contribution in [0.1, 0.15) is 33.1 Å². The molecule has 0 unspecified atom stereocenters. The SMILES string of the molecule is CC(C)CC(=O)NCCC(=O)NCCC(=O)O. The van der Waals surface area contributed by atoms with Crippen LogP contribution in [0, 0.1) is 5.92 Å². The van der Waals surface area contributed by atoms with Crippen molar-refractivity contribution in [1.29, 1.82) is 0 Å². The number of carboxylic acid groups (broad SMARTS) is 1. The molecule has 6 nitrogen and oxygen atoms in total.